The smallest absolute Gasteiger partial charge is 0.312 e. The van der Waals surface area contributed by atoms with Crippen molar-refractivity contribution in [1.82, 2.24) is 9.55 Å². The number of nitrogens with one attached hydrogen (secondary N) is 1. The van der Waals surface area contributed by atoms with Crippen molar-refractivity contribution in [2.45, 2.75) is 31.2 Å². The summed E-state index contributed by atoms with van der Waals surface area (Å²) in [6.45, 7) is 0. The molecule has 0 amide bonds. The van der Waals surface area contributed by atoms with Crippen LogP contribution in [0.15, 0.2) is 46.4 Å². The minimum absolute atomic E-state index is 0.167. The van der Waals surface area contributed by atoms with Gasteiger partial charge in [0.2, 0.25) is 6.08 Å². The van der Waals surface area contributed by atoms with Crippen LogP contribution in [-0.2, 0) is 10.3 Å². The van der Waals surface area contributed by atoms with Crippen LogP contribution in [0.3, 0.4) is 0 Å². The van der Waals surface area contributed by atoms with E-state index in [-0.39, 0.29) is 5.69 Å². The van der Waals surface area contributed by atoms with Gasteiger partial charge in [0, 0.05) is 12.4 Å². The number of aromatic nitrogens is 2. The van der Waals surface area contributed by atoms with E-state index >= 15 is 0 Å². The summed E-state index contributed by atoms with van der Waals surface area (Å²) in [7, 11) is 0. The van der Waals surface area contributed by atoms with E-state index in [1.807, 2.05) is 24.3 Å². The second-order valence-electron chi connectivity index (χ2n) is 5.12. The Balaban J connectivity index is 1.99. The summed E-state index contributed by atoms with van der Waals surface area (Å²) in [5.41, 5.74) is 1.23. The third kappa shape index (κ3) is 2.02. The molecular weight excluding hydrogens is 254 g/mol. The van der Waals surface area contributed by atoms with E-state index in [1.54, 1.807) is 18.5 Å². The van der Waals surface area contributed by atoms with Crippen molar-refractivity contribution in [2.75, 3.05) is 0 Å². The molecule has 1 fully saturated rings. The number of nitrogens with zero attached hydrogens (tertiary/aromatic N) is 2. The minimum Gasteiger partial charge on any atom is -0.312 e. The van der Waals surface area contributed by atoms with Crippen LogP contribution in [0.5, 0.6) is 0 Å². The molecule has 3 rings (SSSR count). The number of rotatable bonds is 3. The van der Waals surface area contributed by atoms with Crippen LogP contribution in [-0.4, -0.2) is 15.6 Å². The third-order valence-corrected chi connectivity index (χ3v) is 4.02. The highest BCUT2D eigenvalue weighted by Gasteiger charge is 2.35. The van der Waals surface area contributed by atoms with Crippen LogP contribution in [0.4, 0.5) is 0 Å². The van der Waals surface area contributed by atoms with Crippen LogP contribution < -0.4 is 5.69 Å². The highest BCUT2D eigenvalue weighted by molar-refractivity contribution is 5.42. The van der Waals surface area contributed by atoms with E-state index in [2.05, 4.69) is 9.98 Å². The Morgan fingerprint density at radius 3 is 2.45 bits per heavy atom. The lowest BCUT2D eigenvalue weighted by Gasteiger charge is -2.22. The number of benzene rings is 1. The summed E-state index contributed by atoms with van der Waals surface area (Å²) in [5, 5.41) is 0. The molecule has 1 aromatic carbocycles. The van der Waals surface area contributed by atoms with E-state index in [0.29, 0.717) is 0 Å². The molecule has 2 aromatic rings. The maximum absolute atomic E-state index is 11.6. The van der Waals surface area contributed by atoms with Gasteiger partial charge in [-0.15, -0.1) is 0 Å². The summed E-state index contributed by atoms with van der Waals surface area (Å²) in [6, 6.07) is 7.65. The third-order valence-electron chi connectivity index (χ3n) is 4.02. The molecule has 5 heteroatoms. The molecule has 1 heterocycles. The number of hydrogen-bond donors (Lipinski definition) is 1. The fraction of sp³-hybridized carbons (Fsp3) is 0.333. The van der Waals surface area contributed by atoms with Crippen molar-refractivity contribution < 1.29 is 4.79 Å². The molecule has 0 radical (unpaired) electrons. The van der Waals surface area contributed by atoms with Crippen LogP contribution in [0.25, 0.3) is 5.69 Å². The summed E-state index contributed by atoms with van der Waals surface area (Å²) < 4.78 is 1.54. The van der Waals surface area contributed by atoms with Gasteiger partial charge in [0.05, 0.1) is 11.2 Å². The number of H-pyrrole nitrogens is 1. The van der Waals surface area contributed by atoms with Crippen LogP contribution >= 0.6 is 0 Å². The Morgan fingerprint density at radius 2 is 1.90 bits per heavy atom. The van der Waals surface area contributed by atoms with E-state index < -0.39 is 5.54 Å². The summed E-state index contributed by atoms with van der Waals surface area (Å²) in [5.74, 6) is 0. The van der Waals surface area contributed by atoms with Crippen LogP contribution in [0.1, 0.15) is 31.2 Å². The van der Waals surface area contributed by atoms with Gasteiger partial charge in [-0.25, -0.2) is 9.59 Å². The topological polar surface area (TPSA) is 67.2 Å². The van der Waals surface area contributed by atoms with E-state index in [4.69, 9.17) is 0 Å². The maximum Gasteiger partial charge on any atom is 0.330 e. The number of isocyanates is 1. The molecule has 0 saturated heterocycles. The first-order valence-corrected chi connectivity index (χ1v) is 6.71. The molecule has 0 bridgehead atoms. The quantitative estimate of drug-likeness (QED) is 0.686. The largest absolute Gasteiger partial charge is 0.330 e. The van der Waals surface area contributed by atoms with Gasteiger partial charge < -0.3 is 4.98 Å². The zero-order valence-corrected chi connectivity index (χ0v) is 11.0. The number of aliphatic imine (C=N–C) groups is 1. The molecule has 1 N–H and O–H groups in total. The van der Waals surface area contributed by atoms with Crippen molar-refractivity contribution in [2.24, 2.45) is 4.99 Å². The number of imidazole rings is 1. The van der Waals surface area contributed by atoms with Gasteiger partial charge in [-0.05, 0) is 30.5 Å². The lowest BCUT2D eigenvalue weighted by Crippen LogP contribution is -2.19. The predicted octanol–water partition coefficient (Wildman–Crippen LogP) is 2.27. The molecule has 0 spiro atoms. The summed E-state index contributed by atoms with van der Waals surface area (Å²) in [6.07, 6.45) is 8.91. The molecule has 0 aliphatic heterocycles. The molecule has 5 nitrogen and oxygen atoms in total. The van der Waals surface area contributed by atoms with Gasteiger partial charge in [-0.1, -0.05) is 25.0 Å². The highest BCUT2D eigenvalue weighted by Crippen LogP contribution is 2.42. The van der Waals surface area contributed by atoms with E-state index in [9.17, 15) is 9.59 Å². The Morgan fingerprint density at radius 1 is 1.20 bits per heavy atom. The lowest BCUT2D eigenvalue weighted by molar-refractivity contribution is 0.456. The standard InChI is InChI=1S/C15H15N3O2/c19-11-17-15(7-1-2-8-15)12-3-5-13(6-4-12)18-10-9-16-14(18)20/h3-6,9-10H,1-2,7-8H2,(H,16,20). The van der Waals surface area contributed by atoms with Gasteiger partial charge in [-0.2, -0.15) is 4.99 Å². The van der Waals surface area contributed by atoms with Crippen molar-refractivity contribution >= 4 is 6.08 Å². The van der Waals surface area contributed by atoms with Crippen molar-refractivity contribution in [1.29, 1.82) is 0 Å². The molecule has 1 aromatic heterocycles. The molecule has 0 atom stereocenters. The fourth-order valence-electron chi connectivity index (χ4n) is 2.97. The summed E-state index contributed by atoms with van der Waals surface area (Å²) >= 11 is 0. The zero-order valence-electron chi connectivity index (χ0n) is 11.0. The fourth-order valence-corrected chi connectivity index (χ4v) is 2.97. The average Bonchev–Trinajstić information content (AvgIpc) is 3.09. The van der Waals surface area contributed by atoms with Gasteiger partial charge in [0.25, 0.3) is 0 Å². The van der Waals surface area contributed by atoms with Crippen LogP contribution in [0.2, 0.25) is 0 Å². The first-order valence-electron chi connectivity index (χ1n) is 6.71. The van der Waals surface area contributed by atoms with E-state index in [0.717, 1.165) is 36.9 Å². The highest BCUT2D eigenvalue weighted by atomic mass is 16.1. The first kappa shape index (κ1) is 12.6. The normalized spacial score (nSPS) is 16.8. The summed E-state index contributed by atoms with van der Waals surface area (Å²) in [4.78, 5) is 28.9. The molecular formula is C15H15N3O2. The monoisotopic (exact) mass is 269 g/mol. The maximum atomic E-state index is 11.6. The average molecular weight is 269 g/mol. The second kappa shape index (κ2) is 4.94. The Hall–Kier alpha value is -2.39. The van der Waals surface area contributed by atoms with Crippen LogP contribution in [0, 0.1) is 0 Å². The molecule has 20 heavy (non-hydrogen) atoms. The molecule has 1 saturated carbocycles. The van der Waals surface area contributed by atoms with Crippen molar-refractivity contribution in [3.8, 4) is 5.69 Å². The number of hydrogen-bond acceptors (Lipinski definition) is 3. The van der Waals surface area contributed by atoms with Crippen molar-refractivity contribution in [3.05, 3.63) is 52.7 Å². The molecule has 0 unspecified atom stereocenters. The van der Waals surface area contributed by atoms with Gasteiger partial charge >= 0.3 is 5.69 Å². The number of aromatic amines is 1. The Labute approximate surface area is 116 Å². The zero-order chi connectivity index (χ0) is 14.0. The van der Waals surface area contributed by atoms with Gasteiger partial charge in [-0.3, -0.25) is 4.57 Å². The van der Waals surface area contributed by atoms with Gasteiger partial charge in [0.15, 0.2) is 0 Å². The Kier molecular flexibility index (Phi) is 3.12. The predicted molar refractivity (Wildman–Crippen MR) is 74.7 cm³/mol. The minimum atomic E-state index is -0.413. The first-order chi connectivity index (χ1) is 9.75. The molecule has 102 valence electrons. The molecule has 1 aliphatic carbocycles. The van der Waals surface area contributed by atoms with E-state index in [1.165, 1.54) is 4.57 Å². The number of carbonyl (C=O) groups excluding carboxylic acids is 1. The van der Waals surface area contributed by atoms with Gasteiger partial charge in [0.1, 0.15) is 0 Å². The lowest BCUT2D eigenvalue weighted by atomic mass is 9.89. The Bertz CT molecular complexity index is 699. The van der Waals surface area contributed by atoms with Crippen molar-refractivity contribution in [3.63, 3.8) is 0 Å². The SMILES string of the molecule is O=C=NC1(c2ccc(-n3cc[nH]c3=O)cc2)CCCC1. The second-order valence-corrected chi connectivity index (χ2v) is 5.12. The molecule has 1 aliphatic rings.